The van der Waals surface area contributed by atoms with E-state index in [2.05, 4.69) is 17.4 Å². The third-order valence-corrected chi connectivity index (χ3v) is 4.85. The van der Waals surface area contributed by atoms with E-state index in [1.807, 2.05) is 49.4 Å². The Balaban J connectivity index is 1.55. The Hall–Kier alpha value is -2.29. The fraction of sp³-hybridized carbons (Fsp3) is 0.409. The van der Waals surface area contributed by atoms with Crippen LogP contribution in [0.4, 0.5) is 0 Å². The summed E-state index contributed by atoms with van der Waals surface area (Å²) in [5.74, 6) is 0.710. The molecule has 0 radical (unpaired) electrons. The summed E-state index contributed by atoms with van der Waals surface area (Å²) in [4.78, 5) is 12.4. The van der Waals surface area contributed by atoms with E-state index in [0.29, 0.717) is 6.04 Å². The summed E-state index contributed by atoms with van der Waals surface area (Å²) in [5.41, 5.74) is 2.32. The standard InChI is InChI=1S/C22H27NO2/c1-17(22(24)23-20-11-7-2-3-8-12-20)25-21-15-13-19(14-16-21)18-9-5-4-6-10-18/h4-6,9-10,13-17,20H,2-3,7-8,11-12H2,1H3,(H,23,24). The van der Waals surface area contributed by atoms with E-state index >= 15 is 0 Å². The number of hydrogen-bond donors (Lipinski definition) is 1. The highest BCUT2D eigenvalue weighted by Crippen LogP contribution is 2.23. The lowest BCUT2D eigenvalue weighted by Crippen LogP contribution is -2.42. The van der Waals surface area contributed by atoms with Crippen molar-refractivity contribution in [3.63, 3.8) is 0 Å². The van der Waals surface area contributed by atoms with Crippen molar-refractivity contribution < 1.29 is 9.53 Å². The molecule has 0 saturated heterocycles. The summed E-state index contributed by atoms with van der Waals surface area (Å²) in [6, 6.07) is 18.4. The van der Waals surface area contributed by atoms with E-state index in [0.717, 1.165) is 24.2 Å². The van der Waals surface area contributed by atoms with E-state index in [9.17, 15) is 4.79 Å². The maximum absolute atomic E-state index is 12.4. The molecule has 0 aromatic heterocycles. The number of carbonyl (C=O) groups is 1. The van der Waals surface area contributed by atoms with E-state index < -0.39 is 6.10 Å². The monoisotopic (exact) mass is 337 g/mol. The largest absolute Gasteiger partial charge is 0.481 e. The molecule has 0 bridgehead atoms. The molecule has 1 N–H and O–H groups in total. The van der Waals surface area contributed by atoms with E-state index in [4.69, 9.17) is 4.74 Å². The molecule has 1 fully saturated rings. The normalized spacial score (nSPS) is 16.7. The molecular weight excluding hydrogens is 310 g/mol. The molecule has 1 aliphatic rings. The van der Waals surface area contributed by atoms with Gasteiger partial charge >= 0.3 is 0 Å². The van der Waals surface area contributed by atoms with Gasteiger partial charge in [0.1, 0.15) is 5.75 Å². The van der Waals surface area contributed by atoms with Crippen molar-refractivity contribution in [3.8, 4) is 16.9 Å². The number of ether oxygens (including phenoxy) is 1. The van der Waals surface area contributed by atoms with Gasteiger partial charge in [-0.05, 0) is 43.0 Å². The first-order valence-corrected chi connectivity index (χ1v) is 9.35. The van der Waals surface area contributed by atoms with Gasteiger partial charge in [0.05, 0.1) is 0 Å². The Morgan fingerprint density at radius 1 is 0.920 bits per heavy atom. The van der Waals surface area contributed by atoms with Crippen molar-refractivity contribution in [2.24, 2.45) is 0 Å². The van der Waals surface area contributed by atoms with Crippen molar-refractivity contribution in [2.75, 3.05) is 0 Å². The molecule has 2 aromatic carbocycles. The third kappa shape index (κ3) is 5.09. The van der Waals surface area contributed by atoms with Gasteiger partial charge in [-0.3, -0.25) is 4.79 Å². The van der Waals surface area contributed by atoms with Gasteiger partial charge in [-0.15, -0.1) is 0 Å². The third-order valence-electron chi connectivity index (χ3n) is 4.85. The van der Waals surface area contributed by atoms with Crippen molar-refractivity contribution in [1.82, 2.24) is 5.32 Å². The summed E-state index contributed by atoms with van der Waals surface area (Å²) in [6.45, 7) is 1.82. The Morgan fingerprint density at radius 3 is 2.16 bits per heavy atom. The van der Waals surface area contributed by atoms with Crippen LogP contribution >= 0.6 is 0 Å². The van der Waals surface area contributed by atoms with Crippen LogP contribution in [0.1, 0.15) is 45.4 Å². The smallest absolute Gasteiger partial charge is 0.260 e. The minimum absolute atomic E-state index is 0.0148. The molecule has 0 heterocycles. The van der Waals surface area contributed by atoms with Gasteiger partial charge in [-0.2, -0.15) is 0 Å². The summed E-state index contributed by atoms with van der Waals surface area (Å²) in [5, 5.41) is 3.15. The van der Waals surface area contributed by atoms with Crippen LogP contribution in [0, 0.1) is 0 Å². The lowest BCUT2D eigenvalue weighted by molar-refractivity contribution is -0.128. The average molecular weight is 337 g/mol. The number of carbonyl (C=O) groups excluding carboxylic acids is 1. The number of benzene rings is 2. The molecule has 3 rings (SSSR count). The van der Waals surface area contributed by atoms with Gasteiger partial charge in [0.25, 0.3) is 5.91 Å². The summed E-state index contributed by atoms with van der Waals surface area (Å²) < 4.78 is 5.83. The Bertz CT molecular complexity index is 658. The fourth-order valence-electron chi connectivity index (χ4n) is 3.36. The minimum atomic E-state index is -0.481. The zero-order valence-corrected chi connectivity index (χ0v) is 14.9. The zero-order valence-electron chi connectivity index (χ0n) is 14.9. The van der Waals surface area contributed by atoms with Gasteiger partial charge in [-0.25, -0.2) is 0 Å². The second-order valence-corrected chi connectivity index (χ2v) is 6.85. The summed E-state index contributed by atoms with van der Waals surface area (Å²) >= 11 is 0. The van der Waals surface area contributed by atoms with Crippen LogP contribution in [0.2, 0.25) is 0 Å². The molecular formula is C22H27NO2. The lowest BCUT2D eigenvalue weighted by atomic mass is 10.1. The molecule has 1 aliphatic carbocycles. The van der Waals surface area contributed by atoms with E-state index in [1.165, 1.54) is 31.2 Å². The van der Waals surface area contributed by atoms with Crippen molar-refractivity contribution >= 4 is 5.91 Å². The molecule has 3 heteroatoms. The van der Waals surface area contributed by atoms with Crippen molar-refractivity contribution in [3.05, 3.63) is 54.6 Å². The molecule has 25 heavy (non-hydrogen) atoms. The summed E-state index contributed by atoms with van der Waals surface area (Å²) in [7, 11) is 0. The van der Waals surface area contributed by atoms with Gasteiger partial charge in [-0.1, -0.05) is 68.1 Å². The quantitative estimate of drug-likeness (QED) is 0.783. The molecule has 1 unspecified atom stereocenters. The van der Waals surface area contributed by atoms with Crippen molar-refractivity contribution in [1.29, 1.82) is 0 Å². The number of amides is 1. The topological polar surface area (TPSA) is 38.3 Å². The second-order valence-electron chi connectivity index (χ2n) is 6.85. The fourth-order valence-corrected chi connectivity index (χ4v) is 3.36. The molecule has 0 aliphatic heterocycles. The predicted molar refractivity (Wildman–Crippen MR) is 102 cm³/mol. The second kappa shape index (κ2) is 8.70. The van der Waals surface area contributed by atoms with Gasteiger partial charge in [0.15, 0.2) is 6.10 Å². The highest BCUT2D eigenvalue weighted by Gasteiger charge is 2.20. The maximum Gasteiger partial charge on any atom is 0.260 e. The molecule has 0 spiro atoms. The van der Waals surface area contributed by atoms with Crippen LogP contribution < -0.4 is 10.1 Å². The minimum Gasteiger partial charge on any atom is -0.481 e. The number of nitrogens with one attached hydrogen (secondary N) is 1. The van der Waals surface area contributed by atoms with Crippen LogP contribution in [-0.4, -0.2) is 18.1 Å². The van der Waals surface area contributed by atoms with Crippen molar-refractivity contribution in [2.45, 2.75) is 57.6 Å². The Labute approximate surface area is 150 Å². The van der Waals surface area contributed by atoms with Gasteiger partial charge in [0, 0.05) is 6.04 Å². The lowest BCUT2D eigenvalue weighted by Gasteiger charge is -2.20. The van der Waals surface area contributed by atoms with Gasteiger partial charge in [0.2, 0.25) is 0 Å². The highest BCUT2D eigenvalue weighted by molar-refractivity contribution is 5.81. The first-order valence-electron chi connectivity index (χ1n) is 9.35. The zero-order chi connectivity index (χ0) is 17.5. The highest BCUT2D eigenvalue weighted by atomic mass is 16.5. The van der Waals surface area contributed by atoms with E-state index in [1.54, 1.807) is 0 Å². The van der Waals surface area contributed by atoms with Crippen LogP contribution in [0.15, 0.2) is 54.6 Å². The Morgan fingerprint density at radius 2 is 1.52 bits per heavy atom. The maximum atomic E-state index is 12.4. The molecule has 1 amide bonds. The molecule has 1 atom stereocenters. The summed E-state index contributed by atoms with van der Waals surface area (Å²) in [6.07, 6.45) is 6.68. The van der Waals surface area contributed by atoms with E-state index in [-0.39, 0.29) is 5.91 Å². The first kappa shape index (κ1) is 17.5. The predicted octanol–water partition coefficient (Wildman–Crippen LogP) is 4.96. The average Bonchev–Trinajstić information content (AvgIpc) is 2.92. The molecule has 1 saturated carbocycles. The number of rotatable bonds is 5. The van der Waals surface area contributed by atoms with Crippen LogP contribution in [-0.2, 0) is 4.79 Å². The van der Waals surface area contributed by atoms with Crippen LogP contribution in [0.5, 0.6) is 5.75 Å². The molecule has 2 aromatic rings. The SMILES string of the molecule is CC(Oc1ccc(-c2ccccc2)cc1)C(=O)NC1CCCCCC1. The Kier molecular flexibility index (Phi) is 6.10. The number of hydrogen-bond acceptors (Lipinski definition) is 2. The molecule has 3 nitrogen and oxygen atoms in total. The van der Waals surface area contributed by atoms with Crippen LogP contribution in [0.3, 0.4) is 0 Å². The van der Waals surface area contributed by atoms with Crippen LogP contribution in [0.25, 0.3) is 11.1 Å². The molecule has 132 valence electrons. The van der Waals surface area contributed by atoms with Gasteiger partial charge < -0.3 is 10.1 Å². The first-order chi connectivity index (χ1) is 12.2.